The third-order valence-corrected chi connectivity index (χ3v) is 7.68. The highest BCUT2D eigenvalue weighted by Crippen LogP contribution is 2.38. The van der Waals surface area contributed by atoms with Crippen molar-refractivity contribution in [3.05, 3.63) is 47.5 Å². The average Bonchev–Trinajstić information content (AvgIpc) is 2.78. The predicted molar refractivity (Wildman–Crippen MR) is 122 cm³/mol. The molecular formula is C23H28F4N4O2S. The molecule has 0 N–H and O–H groups in total. The van der Waals surface area contributed by atoms with Gasteiger partial charge in [-0.1, -0.05) is 12.1 Å². The van der Waals surface area contributed by atoms with E-state index in [4.69, 9.17) is 0 Å². The highest BCUT2D eigenvalue weighted by Gasteiger charge is 2.33. The molecule has 0 aliphatic carbocycles. The Morgan fingerprint density at radius 2 is 1.62 bits per heavy atom. The van der Waals surface area contributed by atoms with Gasteiger partial charge in [-0.25, -0.2) is 18.4 Å². The summed E-state index contributed by atoms with van der Waals surface area (Å²) >= 11 is 0. The molecule has 0 bridgehead atoms. The molecule has 2 saturated heterocycles. The highest BCUT2D eigenvalue weighted by atomic mass is 32.2. The lowest BCUT2D eigenvalue weighted by Crippen LogP contribution is -2.38. The summed E-state index contributed by atoms with van der Waals surface area (Å²) in [7, 11) is -3.07. The van der Waals surface area contributed by atoms with E-state index in [2.05, 4.69) is 9.97 Å². The lowest BCUT2D eigenvalue weighted by molar-refractivity contribution is -0.137. The van der Waals surface area contributed by atoms with E-state index in [1.54, 1.807) is 0 Å². The summed E-state index contributed by atoms with van der Waals surface area (Å²) in [5, 5.41) is 0. The Balaban J connectivity index is 1.55. The van der Waals surface area contributed by atoms with Gasteiger partial charge in [-0.2, -0.15) is 17.6 Å². The number of rotatable bonds is 5. The second kappa shape index (κ2) is 9.67. The van der Waals surface area contributed by atoms with E-state index in [9.17, 15) is 21.6 Å². The first-order valence-electron chi connectivity index (χ1n) is 11.4. The summed E-state index contributed by atoms with van der Waals surface area (Å²) in [6.45, 7) is 1.53. The number of nitrogens with zero attached hydrogens (tertiary/aromatic N) is 4. The molecule has 1 unspecified atom stereocenters. The maximum absolute atomic E-state index is 15.7. The molecule has 2 aliphatic rings. The van der Waals surface area contributed by atoms with Gasteiger partial charge in [0.05, 0.1) is 17.4 Å². The van der Waals surface area contributed by atoms with Gasteiger partial charge in [-0.05, 0) is 55.7 Å². The van der Waals surface area contributed by atoms with Crippen LogP contribution in [-0.2, 0) is 16.0 Å². The fourth-order valence-electron chi connectivity index (χ4n) is 4.94. The van der Waals surface area contributed by atoms with Crippen molar-refractivity contribution >= 4 is 21.5 Å². The molecule has 186 valence electrons. The number of hydrogen-bond acceptors (Lipinski definition) is 6. The van der Waals surface area contributed by atoms with Crippen LogP contribution in [0.5, 0.6) is 0 Å². The van der Waals surface area contributed by atoms with Gasteiger partial charge in [-0.3, -0.25) is 0 Å². The molecule has 11 heteroatoms. The van der Waals surface area contributed by atoms with E-state index in [1.165, 1.54) is 24.7 Å². The molecular weight excluding hydrogens is 472 g/mol. The molecule has 0 saturated carbocycles. The first-order valence-corrected chi connectivity index (χ1v) is 13.5. The van der Waals surface area contributed by atoms with E-state index in [0.29, 0.717) is 44.5 Å². The minimum Gasteiger partial charge on any atom is -0.354 e. The fourth-order valence-corrected chi connectivity index (χ4v) is 6.13. The summed E-state index contributed by atoms with van der Waals surface area (Å²) < 4.78 is 77.7. The van der Waals surface area contributed by atoms with Crippen LogP contribution in [0.2, 0.25) is 0 Å². The number of benzene rings is 1. The number of aromatic nitrogens is 2. The van der Waals surface area contributed by atoms with Crippen molar-refractivity contribution in [2.24, 2.45) is 5.92 Å². The van der Waals surface area contributed by atoms with Gasteiger partial charge in [0.25, 0.3) is 0 Å². The van der Waals surface area contributed by atoms with Gasteiger partial charge < -0.3 is 9.80 Å². The molecule has 34 heavy (non-hydrogen) atoms. The predicted octanol–water partition coefficient (Wildman–Crippen LogP) is 4.63. The third kappa shape index (κ3) is 5.61. The first kappa shape index (κ1) is 24.7. The van der Waals surface area contributed by atoms with Crippen LogP contribution in [0.3, 0.4) is 0 Å². The van der Waals surface area contributed by atoms with Gasteiger partial charge in [0, 0.05) is 25.9 Å². The molecule has 2 aromatic rings. The Hall–Kier alpha value is -2.43. The van der Waals surface area contributed by atoms with Crippen molar-refractivity contribution in [2.75, 3.05) is 41.4 Å². The van der Waals surface area contributed by atoms with E-state index in [0.717, 1.165) is 25.0 Å². The molecule has 2 aliphatic heterocycles. The van der Waals surface area contributed by atoms with Crippen LogP contribution in [0.25, 0.3) is 0 Å². The summed E-state index contributed by atoms with van der Waals surface area (Å²) in [5.74, 6) is -0.0574. The van der Waals surface area contributed by atoms with E-state index in [1.807, 2.05) is 9.80 Å². The van der Waals surface area contributed by atoms with Crippen molar-refractivity contribution in [1.82, 2.24) is 9.97 Å². The number of halogens is 4. The lowest BCUT2D eigenvalue weighted by atomic mass is 9.94. The quantitative estimate of drug-likeness (QED) is 0.558. The SMILES string of the molecule is CS(=O)(=O)CC1CCN(c2ncnc(N3CCCCC3c3ccc(C(F)(F)F)cc3)c2F)CC1. The molecule has 1 aromatic heterocycles. The highest BCUT2D eigenvalue weighted by molar-refractivity contribution is 7.90. The Kier molecular flexibility index (Phi) is 7.02. The maximum Gasteiger partial charge on any atom is 0.416 e. The van der Waals surface area contributed by atoms with Gasteiger partial charge in [0.2, 0.25) is 5.82 Å². The van der Waals surface area contributed by atoms with Gasteiger partial charge >= 0.3 is 6.18 Å². The number of piperidine rings is 2. The smallest absolute Gasteiger partial charge is 0.354 e. The van der Waals surface area contributed by atoms with Crippen molar-refractivity contribution in [2.45, 2.75) is 44.3 Å². The van der Waals surface area contributed by atoms with Crippen molar-refractivity contribution < 1.29 is 26.0 Å². The largest absolute Gasteiger partial charge is 0.416 e. The zero-order valence-corrected chi connectivity index (χ0v) is 19.7. The second-order valence-corrected chi connectivity index (χ2v) is 11.4. The van der Waals surface area contributed by atoms with E-state index < -0.39 is 27.4 Å². The molecule has 1 aromatic carbocycles. The molecule has 2 fully saturated rings. The van der Waals surface area contributed by atoms with Crippen LogP contribution >= 0.6 is 0 Å². The normalized spacial score (nSPS) is 20.6. The molecule has 0 spiro atoms. The van der Waals surface area contributed by atoms with Crippen molar-refractivity contribution in [1.29, 1.82) is 0 Å². The Labute approximate surface area is 196 Å². The average molecular weight is 501 g/mol. The summed E-state index contributed by atoms with van der Waals surface area (Å²) in [6, 6.07) is 4.75. The van der Waals surface area contributed by atoms with Crippen molar-refractivity contribution in [3.8, 4) is 0 Å². The maximum atomic E-state index is 15.7. The Morgan fingerprint density at radius 3 is 2.24 bits per heavy atom. The first-order chi connectivity index (χ1) is 16.0. The monoisotopic (exact) mass is 500 g/mol. The fraction of sp³-hybridized carbons (Fsp3) is 0.565. The van der Waals surface area contributed by atoms with Crippen LogP contribution in [0.15, 0.2) is 30.6 Å². The zero-order valence-electron chi connectivity index (χ0n) is 18.9. The Bertz CT molecular complexity index is 1100. The van der Waals surface area contributed by atoms with Gasteiger partial charge in [-0.15, -0.1) is 0 Å². The van der Waals surface area contributed by atoms with Crippen LogP contribution in [0.4, 0.5) is 29.2 Å². The van der Waals surface area contributed by atoms with Gasteiger partial charge in [0.1, 0.15) is 16.2 Å². The topological polar surface area (TPSA) is 66.4 Å². The Morgan fingerprint density at radius 1 is 0.971 bits per heavy atom. The minimum atomic E-state index is -4.41. The standard InChI is InChI=1S/C23H28F4N4O2S/c1-34(32,33)14-16-9-12-30(13-10-16)21-20(24)22(29-15-28-21)31-11-3-2-4-19(31)17-5-7-18(8-6-17)23(25,26)27/h5-8,15-16,19H,2-4,9-14H2,1H3. The number of sulfone groups is 1. The summed E-state index contributed by atoms with van der Waals surface area (Å²) in [4.78, 5) is 12.0. The molecule has 0 amide bonds. The van der Waals surface area contributed by atoms with E-state index in [-0.39, 0.29) is 29.3 Å². The van der Waals surface area contributed by atoms with Crippen molar-refractivity contribution in [3.63, 3.8) is 0 Å². The molecule has 3 heterocycles. The lowest BCUT2D eigenvalue weighted by Gasteiger charge is -2.38. The van der Waals surface area contributed by atoms with Crippen LogP contribution in [-0.4, -0.2) is 50.0 Å². The molecule has 4 rings (SSSR count). The van der Waals surface area contributed by atoms with Crippen LogP contribution in [0.1, 0.15) is 49.3 Å². The molecule has 1 atom stereocenters. The van der Waals surface area contributed by atoms with Crippen LogP contribution < -0.4 is 9.80 Å². The van der Waals surface area contributed by atoms with E-state index >= 15 is 4.39 Å². The number of alkyl halides is 3. The summed E-state index contributed by atoms with van der Waals surface area (Å²) in [5.41, 5.74) is -0.0257. The van der Waals surface area contributed by atoms with Gasteiger partial charge in [0.15, 0.2) is 11.6 Å². The number of anilines is 2. The third-order valence-electron chi connectivity index (χ3n) is 6.60. The minimum absolute atomic E-state index is 0.0433. The molecule has 0 radical (unpaired) electrons. The van der Waals surface area contributed by atoms with Crippen LogP contribution in [0, 0.1) is 11.7 Å². The second-order valence-electron chi connectivity index (χ2n) is 9.18. The number of hydrogen-bond donors (Lipinski definition) is 0. The molecule has 6 nitrogen and oxygen atoms in total. The summed E-state index contributed by atoms with van der Waals surface area (Å²) in [6.07, 6.45) is 1.78. The zero-order chi connectivity index (χ0) is 24.5.